The van der Waals surface area contributed by atoms with Gasteiger partial charge in [-0.1, -0.05) is 11.3 Å². The minimum atomic E-state index is -5.08. The predicted molar refractivity (Wildman–Crippen MR) is 101 cm³/mol. The Morgan fingerprint density at radius 3 is 2.67 bits per heavy atom. The Labute approximate surface area is 174 Å². The highest BCUT2D eigenvalue weighted by Gasteiger charge is 2.45. The largest absolute Gasteiger partial charge is 0.490 e. The van der Waals surface area contributed by atoms with Crippen LogP contribution in [0.5, 0.6) is 0 Å². The van der Waals surface area contributed by atoms with Gasteiger partial charge in [-0.15, -0.1) is 10.2 Å². The summed E-state index contributed by atoms with van der Waals surface area (Å²) >= 11 is 1.64. The number of ether oxygens (including phenoxy) is 2. The molecule has 0 aromatic carbocycles. The first-order valence-electron chi connectivity index (χ1n) is 9.24. The first-order valence-corrected chi connectivity index (χ1v) is 10.1. The Kier molecular flexibility index (Phi) is 7.21. The van der Waals surface area contributed by atoms with Crippen molar-refractivity contribution >= 4 is 22.4 Å². The van der Waals surface area contributed by atoms with Crippen LogP contribution in [0.3, 0.4) is 0 Å². The van der Waals surface area contributed by atoms with Gasteiger partial charge in [0.15, 0.2) is 0 Å². The van der Waals surface area contributed by atoms with E-state index in [2.05, 4.69) is 20.1 Å². The van der Waals surface area contributed by atoms with Gasteiger partial charge < -0.3 is 19.5 Å². The van der Waals surface area contributed by atoms with Crippen molar-refractivity contribution in [2.75, 3.05) is 18.1 Å². The lowest BCUT2D eigenvalue weighted by molar-refractivity contribution is -0.192. The van der Waals surface area contributed by atoms with Crippen LogP contribution >= 0.6 is 11.3 Å². The molecule has 30 heavy (non-hydrogen) atoms. The highest BCUT2D eigenvalue weighted by Crippen LogP contribution is 2.35. The summed E-state index contributed by atoms with van der Waals surface area (Å²) in [7, 11) is 0. The first-order chi connectivity index (χ1) is 14.3. The molecule has 2 aromatic rings. The molecule has 0 aliphatic carbocycles. The van der Waals surface area contributed by atoms with E-state index in [1.165, 1.54) is 0 Å². The fourth-order valence-electron chi connectivity index (χ4n) is 3.36. The number of alkyl halides is 3. The number of halogens is 3. The van der Waals surface area contributed by atoms with Crippen molar-refractivity contribution in [1.82, 2.24) is 15.2 Å². The average Bonchev–Trinajstić information content (AvgIpc) is 3.30. The fraction of sp³-hybridized carbons (Fsp3) is 0.556. The normalized spacial score (nSPS) is 23.5. The molecule has 0 unspecified atom stereocenters. The number of fused-ring (bicyclic) bond motifs is 1. The molecule has 0 radical (unpaired) electrons. The van der Waals surface area contributed by atoms with Crippen LogP contribution in [-0.2, 0) is 20.9 Å². The van der Waals surface area contributed by atoms with Crippen LogP contribution < -0.4 is 4.90 Å². The summed E-state index contributed by atoms with van der Waals surface area (Å²) in [4.78, 5) is 15.3. The molecular formula is C18H21F3N4O4S. The molecular weight excluding hydrogens is 425 g/mol. The van der Waals surface area contributed by atoms with Gasteiger partial charge in [-0.25, -0.2) is 4.79 Å². The topological polar surface area (TPSA) is 97.7 Å². The first kappa shape index (κ1) is 22.4. The van der Waals surface area contributed by atoms with Crippen molar-refractivity contribution in [1.29, 1.82) is 0 Å². The van der Waals surface area contributed by atoms with E-state index in [1.807, 2.05) is 19.1 Å². The van der Waals surface area contributed by atoms with E-state index in [-0.39, 0.29) is 12.2 Å². The van der Waals surface area contributed by atoms with Gasteiger partial charge in [0.05, 0.1) is 12.6 Å². The van der Waals surface area contributed by atoms with E-state index in [1.54, 1.807) is 23.7 Å². The van der Waals surface area contributed by atoms with Crippen LogP contribution in [0, 0.1) is 6.92 Å². The number of pyridine rings is 1. The van der Waals surface area contributed by atoms with Gasteiger partial charge in [-0.05, 0) is 37.5 Å². The summed E-state index contributed by atoms with van der Waals surface area (Å²) in [6, 6.07) is 4.32. The van der Waals surface area contributed by atoms with Gasteiger partial charge in [0.25, 0.3) is 0 Å². The van der Waals surface area contributed by atoms with Crippen molar-refractivity contribution < 1.29 is 32.5 Å². The number of anilines is 1. The molecule has 4 heterocycles. The maximum Gasteiger partial charge on any atom is 0.490 e. The molecule has 0 saturated carbocycles. The van der Waals surface area contributed by atoms with Crippen LogP contribution in [0.1, 0.15) is 23.4 Å². The Morgan fingerprint density at radius 1 is 1.37 bits per heavy atom. The molecule has 2 aliphatic rings. The predicted octanol–water partition coefficient (Wildman–Crippen LogP) is 2.83. The van der Waals surface area contributed by atoms with Gasteiger partial charge in [0.1, 0.15) is 17.2 Å². The smallest absolute Gasteiger partial charge is 0.475 e. The number of nitrogens with zero attached hydrogens (tertiary/aromatic N) is 4. The highest BCUT2D eigenvalue weighted by molar-refractivity contribution is 7.15. The summed E-state index contributed by atoms with van der Waals surface area (Å²) in [5.41, 5.74) is 1.14. The van der Waals surface area contributed by atoms with E-state index < -0.39 is 12.1 Å². The van der Waals surface area contributed by atoms with Crippen LogP contribution in [0.4, 0.5) is 18.3 Å². The summed E-state index contributed by atoms with van der Waals surface area (Å²) in [5.74, 6) is -2.76. The lowest BCUT2D eigenvalue weighted by Gasteiger charge is -2.31. The second-order valence-electron chi connectivity index (χ2n) is 6.81. The third-order valence-electron chi connectivity index (χ3n) is 4.69. The minimum absolute atomic E-state index is 0.0673. The number of aryl methyl sites for hydroxylation is 1. The van der Waals surface area contributed by atoms with Crippen LogP contribution in [-0.4, -0.2) is 63.8 Å². The molecule has 2 aliphatic heterocycles. The van der Waals surface area contributed by atoms with Crippen molar-refractivity contribution in [3.8, 4) is 0 Å². The van der Waals surface area contributed by atoms with Crippen molar-refractivity contribution in [2.24, 2.45) is 0 Å². The fourth-order valence-corrected chi connectivity index (χ4v) is 4.12. The summed E-state index contributed by atoms with van der Waals surface area (Å²) in [5, 5.41) is 17.6. The Bertz CT molecular complexity index is 836. The maximum atomic E-state index is 10.6. The van der Waals surface area contributed by atoms with Crippen molar-refractivity contribution in [3.05, 3.63) is 35.1 Å². The summed E-state index contributed by atoms with van der Waals surface area (Å²) in [6.07, 6.45) is 0.908. The SMILES string of the molecule is Cc1nnc(N2C[C@H](OCc3ccncc3)[C@H]3OCCC[C@H]32)s1.O=C(O)C(F)(F)F. The minimum Gasteiger partial charge on any atom is -0.475 e. The van der Waals surface area contributed by atoms with Crippen molar-refractivity contribution in [2.45, 2.75) is 50.8 Å². The molecule has 8 nitrogen and oxygen atoms in total. The van der Waals surface area contributed by atoms with Gasteiger partial charge in [-0.3, -0.25) is 4.98 Å². The third-order valence-corrected chi connectivity index (χ3v) is 5.57. The third kappa shape index (κ3) is 5.64. The van der Waals surface area contributed by atoms with E-state index >= 15 is 0 Å². The monoisotopic (exact) mass is 446 g/mol. The molecule has 0 amide bonds. The number of aromatic nitrogens is 3. The lowest BCUT2D eigenvalue weighted by Crippen LogP contribution is -2.42. The van der Waals surface area contributed by atoms with E-state index in [9.17, 15) is 13.2 Å². The number of carbonyl (C=O) groups is 1. The standard InChI is InChI=1S/C16H20N4O2S.C2HF3O2/c1-11-18-19-16(23-11)20-9-14(15-13(20)3-2-8-21-15)22-10-12-4-6-17-7-5-12;3-2(4,5)1(6)7/h4-7,13-15H,2-3,8-10H2,1H3;(H,6,7)/t13-,14+,15+;/m1./s1. The number of hydrogen-bond acceptors (Lipinski definition) is 8. The zero-order valence-electron chi connectivity index (χ0n) is 16.1. The Balaban J connectivity index is 0.000000318. The molecule has 0 spiro atoms. The van der Waals surface area contributed by atoms with Gasteiger partial charge in [-0.2, -0.15) is 13.2 Å². The Hall–Kier alpha value is -2.31. The van der Waals surface area contributed by atoms with Crippen LogP contribution in [0.2, 0.25) is 0 Å². The summed E-state index contributed by atoms with van der Waals surface area (Å²) < 4.78 is 44.0. The quantitative estimate of drug-likeness (QED) is 0.766. The van der Waals surface area contributed by atoms with E-state index in [4.69, 9.17) is 19.4 Å². The van der Waals surface area contributed by atoms with Crippen LogP contribution in [0.15, 0.2) is 24.5 Å². The van der Waals surface area contributed by atoms with Gasteiger partial charge >= 0.3 is 12.1 Å². The number of aliphatic carboxylic acids is 1. The molecule has 12 heteroatoms. The molecule has 2 fully saturated rings. The maximum absolute atomic E-state index is 10.6. The van der Waals surface area contributed by atoms with Crippen LogP contribution in [0.25, 0.3) is 0 Å². The van der Waals surface area contributed by atoms with E-state index in [0.29, 0.717) is 12.6 Å². The zero-order chi connectivity index (χ0) is 21.7. The number of carboxylic acids is 1. The number of rotatable bonds is 4. The van der Waals surface area contributed by atoms with Gasteiger partial charge in [0.2, 0.25) is 5.13 Å². The molecule has 3 atom stereocenters. The number of carboxylic acid groups (broad SMARTS) is 1. The van der Waals surface area contributed by atoms with Crippen molar-refractivity contribution in [3.63, 3.8) is 0 Å². The number of hydrogen-bond donors (Lipinski definition) is 1. The zero-order valence-corrected chi connectivity index (χ0v) is 16.9. The molecule has 2 aromatic heterocycles. The highest BCUT2D eigenvalue weighted by atomic mass is 32.1. The van der Waals surface area contributed by atoms with E-state index in [0.717, 1.165) is 41.7 Å². The molecule has 2 saturated heterocycles. The average molecular weight is 446 g/mol. The second-order valence-corrected chi connectivity index (χ2v) is 7.97. The molecule has 1 N–H and O–H groups in total. The lowest BCUT2D eigenvalue weighted by atomic mass is 10.0. The van der Waals surface area contributed by atoms with Gasteiger partial charge in [0, 0.05) is 25.5 Å². The molecule has 0 bridgehead atoms. The summed E-state index contributed by atoms with van der Waals surface area (Å²) in [6.45, 7) is 4.21. The Morgan fingerprint density at radius 2 is 2.07 bits per heavy atom. The second kappa shape index (κ2) is 9.67. The molecule has 4 rings (SSSR count). The molecule has 164 valence electrons.